The number of hydrogen-bond donors (Lipinski definition) is 0. The van der Waals surface area contributed by atoms with Crippen LogP contribution in [0.1, 0.15) is 22.6 Å². The maximum Gasteiger partial charge on any atom is 0.191 e. The molecule has 2 heterocycles. The van der Waals surface area contributed by atoms with E-state index < -0.39 is 0 Å². The van der Waals surface area contributed by atoms with Crippen LogP contribution < -0.4 is 0 Å². The van der Waals surface area contributed by atoms with Gasteiger partial charge < -0.3 is 4.57 Å². The third-order valence-electron chi connectivity index (χ3n) is 4.66. The number of thioether (sulfide) groups is 1. The van der Waals surface area contributed by atoms with Crippen LogP contribution in [0, 0.1) is 6.92 Å². The summed E-state index contributed by atoms with van der Waals surface area (Å²) in [6, 6.07) is 16.2. The van der Waals surface area contributed by atoms with E-state index in [9.17, 15) is 0 Å². The van der Waals surface area contributed by atoms with Crippen molar-refractivity contribution < 1.29 is 0 Å². The van der Waals surface area contributed by atoms with E-state index in [0.717, 1.165) is 38.0 Å². The molecule has 2 aromatic carbocycles. The third kappa shape index (κ3) is 4.83. The molecular weight excluding hydrogens is 432 g/mol. The monoisotopic (exact) mass is 452 g/mol. The van der Waals surface area contributed by atoms with Gasteiger partial charge in [-0.05, 0) is 30.2 Å². The first-order valence-electron chi connectivity index (χ1n) is 9.54. The maximum atomic E-state index is 5.99. The molecule has 0 N–H and O–H groups in total. The first-order valence-corrected chi connectivity index (χ1v) is 11.8. The molecule has 2 aromatic heterocycles. The van der Waals surface area contributed by atoms with Gasteiger partial charge in [-0.15, -0.1) is 28.1 Å². The van der Waals surface area contributed by atoms with E-state index in [1.807, 2.05) is 30.3 Å². The molecule has 0 amide bonds. The second-order valence-electron chi connectivity index (χ2n) is 6.85. The highest BCUT2D eigenvalue weighted by molar-refractivity contribution is 7.98. The van der Waals surface area contributed by atoms with Gasteiger partial charge in [-0.3, -0.25) is 0 Å². The van der Waals surface area contributed by atoms with Crippen LogP contribution >= 0.6 is 34.7 Å². The van der Waals surface area contributed by atoms with E-state index in [2.05, 4.69) is 57.9 Å². The predicted molar refractivity (Wildman–Crippen MR) is 126 cm³/mol. The summed E-state index contributed by atoms with van der Waals surface area (Å²) >= 11 is 9.33. The zero-order valence-electron chi connectivity index (χ0n) is 16.6. The van der Waals surface area contributed by atoms with Crippen LogP contribution in [-0.4, -0.2) is 19.7 Å². The molecule has 0 saturated carbocycles. The molecule has 4 nitrogen and oxygen atoms in total. The largest absolute Gasteiger partial charge is 0.302 e. The summed E-state index contributed by atoms with van der Waals surface area (Å²) in [4.78, 5) is 4.82. The number of rotatable bonds is 8. The molecule has 7 heteroatoms. The maximum absolute atomic E-state index is 5.99. The van der Waals surface area contributed by atoms with Crippen LogP contribution in [0.25, 0.3) is 10.6 Å². The van der Waals surface area contributed by atoms with Crippen molar-refractivity contribution in [2.45, 2.75) is 30.8 Å². The van der Waals surface area contributed by atoms with E-state index >= 15 is 0 Å². The van der Waals surface area contributed by atoms with Crippen molar-refractivity contribution in [3.05, 3.63) is 94.2 Å². The smallest absolute Gasteiger partial charge is 0.191 e. The molecular formula is C23H21ClN4S2. The fourth-order valence-corrected chi connectivity index (χ4v) is 5.10. The van der Waals surface area contributed by atoms with Crippen molar-refractivity contribution in [2.24, 2.45) is 0 Å². The summed E-state index contributed by atoms with van der Waals surface area (Å²) in [6.07, 6.45) is 2.57. The summed E-state index contributed by atoms with van der Waals surface area (Å²) in [5.74, 6) is 1.66. The molecule has 30 heavy (non-hydrogen) atoms. The molecule has 0 saturated heterocycles. The fraction of sp³-hybridized carbons (Fsp3) is 0.174. The summed E-state index contributed by atoms with van der Waals surface area (Å²) in [7, 11) is 0. The number of halogens is 1. The van der Waals surface area contributed by atoms with Crippen LogP contribution in [0.3, 0.4) is 0 Å². The fourth-order valence-electron chi connectivity index (χ4n) is 3.10. The molecule has 152 valence electrons. The van der Waals surface area contributed by atoms with Gasteiger partial charge in [0.05, 0.1) is 5.69 Å². The van der Waals surface area contributed by atoms with Crippen LogP contribution in [0.2, 0.25) is 5.02 Å². The lowest BCUT2D eigenvalue weighted by molar-refractivity contribution is 0.690. The van der Waals surface area contributed by atoms with E-state index in [1.165, 1.54) is 11.1 Å². The van der Waals surface area contributed by atoms with E-state index in [-0.39, 0.29) is 0 Å². The van der Waals surface area contributed by atoms with Gasteiger partial charge in [-0.25, -0.2) is 4.98 Å². The molecule has 0 aliphatic heterocycles. The SMILES string of the molecule is C=CCn1c(Cc2ccc(Cl)cc2)nnc1SCc1csc(-c2ccccc2C)n1. The lowest BCUT2D eigenvalue weighted by atomic mass is 10.1. The zero-order chi connectivity index (χ0) is 20.9. The molecule has 0 fully saturated rings. The Hall–Kier alpha value is -2.41. The molecule has 0 aliphatic carbocycles. The normalized spacial score (nSPS) is 11.0. The van der Waals surface area contributed by atoms with E-state index in [4.69, 9.17) is 16.6 Å². The number of benzene rings is 2. The number of thiazole rings is 1. The van der Waals surface area contributed by atoms with Crippen LogP contribution in [0.5, 0.6) is 0 Å². The molecule has 0 aliphatic rings. The highest BCUT2D eigenvalue weighted by Gasteiger charge is 2.14. The second kappa shape index (κ2) is 9.60. The Kier molecular flexibility index (Phi) is 6.67. The van der Waals surface area contributed by atoms with Gasteiger partial charge in [0, 0.05) is 34.7 Å². The van der Waals surface area contributed by atoms with Crippen molar-refractivity contribution in [2.75, 3.05) is 0 Å². The topological polar surface area (TPSA) is 43.6 Å². The van der Waals surface area contributed by atoms with E-state index in [1.54, 1.807) is 23.1 Å². The molecule has 0 radical (unpaired) electrons. The Labute approximate surface area is 189 Å². The Morgan fingerprint density at radius 1 is 1.13 bits per heavy atom. The highest BCUT2D eigenvalue weighted by atomic mass is 35.5. The standard InChI is InChI=1S/C23H21ClN4S2/c1-3-12-28-21(13-17-8-10-18(24)11-9-17)26-27-23(28)30-15-19-14-29-22(25-19)20-7-5-4-6-16(20)2/h3-11,14H,1,12-13,15H2,2H3. The van der Waals surface area contributed by atoms with Gasteiger partial charge in [0.2, 0.25) is 0 Å². The number of hydrogen-bond acceptors (Lipinski definition) is 5. The minimum atomic E-state index is 0.670. The van der Waals surface area contributed by atoms with Gasteiger partial charge in [0.25, 0.3) is 0 Å². The van der Waals surface area contributed by atoms with Gasteiger partial charge >= 0.3 is 0 Å². The van der Waals surface area contributed by atoms with Gasteiger partial charge in [-0.1, -0.05) is 65.8 Å². The number of aryl methyl sites for hydroxylation is 1. The molecule has 0 unspecified atom stereocenters. The average molecular weight is 453 g/mol. The van der Waals surface area contributed by atoms with Gasteiger partial charge in [-0.2, -0.15) is 0 Å². The minimum Gasteiger partial charge on any atom is -0.302 e. The lowest BCUT2D eigenvalue weighted by Crippen LogP contribution is -2.04. The second-order valence-corrected chi connectivity index (χ2v) is 9.09. The molecule has 0 bridgehead atoms. The van der Waals surface area contributed by atoms with E-state index in [0.29, 0.717) is 13.0 Å². The van der Waals surface area contributed by atoms with Crippen molar-refractivity contribution >= 4 is 34.7 Å². The Bertz CT molecular complexity index is 1150. The number of nitrogens with zero attached hydrogens (tertiary/aromatic N) is 4. The molecule has 0 atom stereocenters. The van der Waals surface area contributed by atoms with Crippen molar-refractivity contribution in [1.82, 2.24) is 19.7 Å². The minimum absolute atomic E-state index is 0.670. The van der Waals surface area contributed by atoms with Crippen LogP contribution in [0.4, 0.5) is 0 Å². The number of aromatic nitrogens is 4. The summed E-state index contributed by atoms with van der Waals surface area (Å²) in [5, 5.41) is 13.6. The Morgan fingerprint density at radius 3 is 2.70 bits per heavy atom. The first-order chi connectivity index (χ1) is 14.6. The van der Waals surface area contributed by atoms with Gasteiger partial charge in [0.1, 0.15) is 10.8 Å². The summed E-state index contributed by atoms with van der Waals surface area (Å²) in [5.41, 5.74) is 4.63. The van der Waals surface area contributed by atoms with Crippen LogP contribution in [0.15, 0.2) is 71.7 Å². The molecule has 0 spiro atoms. The first kappa shape index (κ1) is 20.8. The van der Waals surface area contributed by atoms with Gasteiger partial charge in [0.15, 0.2) is 5.16 Å². The lowest BCUT2D eigenvalue weighted by Gasteiger charge is -2.07. The third-order valence-corrected chi connectivity index (χ3v) is 6.83. The van der Waals surface area contributed by atoms with Crippen LogP contribution in [-0.2, 0) is 18.7 Å². The molecule has 4 aromatic rings. The zero-order valence-corrected chi connectivity index (χ0v) is 19.0. The Balaban J connectivity index is 1.48. The molecule has 4 rings (SSSR count). The Morgan fingerprint density at radius 2 is 1.93 bits per heavy atom. The average Bonchev–Trinajstić information content (AvgIpc) is 3.36. The van der Waals surface area contributed by atoms with Crippen molar-refractivity contribution in [3.8, 4) is 10.6 Å². The van der Waals surface area contributed by atoms with Crippen molar-refractivity contribution in [1.29, 1.82) is 0 Å². The van der Waals surface area contributed by atoms with Crippen molar-refractivity contribution in [3.63, 3.8) is 0 Å². The summed E-state index contributed by atoms with van der Waals surface area (Å²) in [6.45, 7) is 6.67. The highest BCUT2D eigenvalue weighted by Crippen LogP contribution is 2.29. The quantitative estimate of drug-likeness (QED) is 0.228. The number of allylic oxidation sites excluding steroid dienone is 1. The predicted octanol–water partition coefficient (Wildman–Crippen LogP) is 6.43. The summed E-state index contributed by atoms with van der Waals surface area (Å²) < 4.78 is 2.11.